The van der Waals surface area contributed by atoms with Gasteiger partial charge < -0.3 is 13.8 Å². The monoisotopic (exact) mass is 311 g/mol. The highest BCUT2D eigenvalue weighted by Gasteiger charge is 2.44. The Morgan fingerprint density at radius 2 is 1.70 bits per heavy atom. The molecule has 0 fully saturated rings. The van der Waals surface area contributed by atoms with E-state index in [4.69, 9.17) is 13.8 Å². The summed E-state index contributed by atoms with van der Waals surface area (Å²) in [4.78, 5) is 22.1. The summed E-state index contributed by atoms with van der Waals surface area (Å²) in [6.07, 6.45) is -0.261. The van der Waals surface area contributed by atoms with Crippen LogP contribution in [0.1, 0.15) is 34.1 Å². The number of nitrogens with zero attached hydrogens (tertiary/aromatic N) is 1. The molecule has 0 rings (SSSR count). The number of nitro groups is 1. The van der Waals surface area contributed by atoms with Gasteiger partial charge in [-0.25, -0.2) is 0 Å². The molecule has 118 valence electrons. The first-order valence-electron chi connectivity index (χ1n) is 6.51. The highest BCUT2D eigenvalue weighted by atomic mass is 31.2. The second-order valence-corrected chi connectivity index (χ2v) is 6.23. The molecular formula is C11H22NO7P. The number of ether oxygens (including phenoxy) is 1. The van der Waals surface area contributed by atoms with Crippen LogP contribution in [0.2, 0.25) is 0 Å². The van der Waals surface area contributed by atoms with Crippen LogP contribution in [-0.2, 0) is 23.1 Å². The Kier molecular flexibility index (Phi) is 8.60. The van der Waals surface area contributed by atoms with Crippen molar-refractivity contribution in [2.24, 2.45) is 0 Å². The maximum Gasteiger partial charge on any atom is 0.345 e. The summed E-state index contributed by atoms with van der Waals surface area (Å²) in [5, 5.41) is 10.7. The number of carbonyl (C=O) groups excluding carboxylic acids is 1. The van der Waals surface area contributed by atoms with Crippen LogP contribution in [-0.4, -0.2) is 42.4 Å². The highest BCUT2D eigenvalue weighted by Crippen LogP contribution is 2.55. The van der Waals surface area contributed by atoms with Crippen molar-refractivity contribution < 1.29 is 28.1 Å². The molecule has 0 aromatic rings. The van der Waals surface area contributed by atoms with E-state index in [1.165, 1.54) is 6.92 Å². The van der Waals surface area contributed by atoms with Crippen LogP contribution in [0, 0.1) is 10.1 Å². The van der Waals surface area contributed by atoms with Gasteiger partial charge in [-0.1, -0.05) is 0 Å². The lowest BCUT2D eigenvalue weighted by Crippen LogP contribution is -2.31. The zero-order valence-corrected chi connectivity index (χ0v) is 13.1. The molecule has 8 nitrogen and oxygen atoms in total. The molecule has 0 radical (unpaired) electrons. The predicted octanol–water partition coefficient (Wildman–Crippen LogP) is 2.24. The molecule has 0 heterocycles. The Labute approximate surface area is 118 Å². The lowest BCUT2D eigenvalue weighted by atomic mass is 10.2. The zero-order chi connectivity index (χ0) is 15.8. The van der Waals surface area contributed by atoms with E-state index < -0.39 is 30.2 Å². The molecule has 0 aliphatic carbocycles. The Hall–Kier alpha value is -0.980. The minimum absolute atomic E-state index is 0.0695. The van der Waals surface area contributed by atoms with Gasteiger partial charge in [0, 0.05) is 18.3 Å². The van der Waals surface area contributed by atoms with E-state index in [0.717, 1.165) is 0 Å². The zero-order valence-electron chi connectivity index (χ0n) is 12.2. The fourth-order valence-corrected chi connectivity index (χ4v) is 3.63. The Morgan fingerprint density at radius 3 is 2.05 bits per heavy atom. The average molecular weight is 311 g/mol. The van der Waals surface area contributed by atoms with Crippen molar-refractivity contribution in [2.45, 2.75) is 45.8 Å². The van der Waals surface area contributed by atoms with Crippen molar-refractivity contribution in [1.82, 2.24) is 0 Å². The fraction of sp³-hybridized carbons (Fsp3) is 0.909. The fourth-order valence-electron chi connectivity index (χ4n) is 1.58. The van der Waals surface area contributed by atoms with Gasteiger partial charge in [0.2, 0.25) is 6.04 Å². The molecule has 2 atom stereocenters. The van der Waals surface area contributed by atoms with Gasteiger partial charge in [0.15, 0.2) is 5.66 Å². The van der Waals surface area contributed by atoms with Crippen LogP contribution in [0.25, 0.3) is 0 Å². The average Bonchev–Trinajstić information content (AvgIpc) is 2.36. The molecule has 2 unspecified atom stereocenters. The lowest BCUT2D eigenvalue weighted by molar-refractivity contribution is -0.518. The van der Waals surface area contributed by atoms with Crippen LogP contribution in [0.15, 0.2) is 0 Å². The van der Waals surface area contributed by atoms with Gasteiger partial charge in [-0.05, 0) is 20.8 Å². The third-order valence-electron chi connectivity index (χ3n) is 2.48. The number of hydrogen-bond donors (Lipinski definition) is 0. The number of esters is 1. The predicted molar refractivity (Wildman–Crippen MR) is 72.4 cm³/mol. The summed E-state index contributed by atoms with van der Waals surface area (Å²) in [5.41, 5.74) is -1.29. The molecule has 0 N–H and O–H groups in total. The molecule has 9 heteroatoms. The first-order chi connectivity index (χ1) is 9.32. The van der Waals surface area contributed by atoms with Crippen LogP contribution >= 0.6 is 7.60 Å². The van der Waals surface area contributed by atoms with Crippen molar-refractivity contribution in [3.05, 3.63) is 10.1 Å². The van der Waals surface area contributed by atoms with Gasteiger partial charge in [0.1, 0.15) is 0 Å². The summed E-state index contributed by atoms with van der Waals surface area (Å²) in [5.74, 6) is -0.800. The maximum atomic E-state index is 12.6. The van der Waals surface area contributed by atoms with Gasteiger partial charge in [-0.15, -0.1) is 0 Å². The lowest BCUT2D eigenvalue weighted by Gasteiger charge is -2.24. The second-order valence-electron chi connectivity index (χ2n) is 4.01. The van der Waals surface area contributed by atoms with Crippen molar-refractivity contribution in [3.8, 4) is 0 Å². The van der Waals surface area contributed by atoms with Crippen LogP contribution in [0.5, 0.6) is 0 Å². The SMILES string of the molecule is CCOC(=O)C(CC(C)[N+](=O)[O-])P(=O)(OCC)OCC. The first kappa shape index (κ1) is 19.0. The largest absolute Gasteiger partial charge is 0.465 e. The van der Waals surface area contributed by atoms with Crippen molar-refractivity contribution in [3.63, 3.8) is 0 Å². The first-order valence-corrected chi connectivity index (χ1v) is 8.12. The third kappa shape index (κ3) is 5.56. The molecule has 0 saturated heterocycles. The molecule has 0 spiro atoms. The highest BCUT2D eigenvalue weighted by molar-refractivity contribution is 7.55. The van der Waals surface area contributed by atoms with E-state index in [1.807, 2.05) is 0 Å². The maximum absolute atomic E-state index is 12.6. The summed E-state index contributed by atoms with van der Waals surface area (Å²) >= 11 is 0. The van der Waals surface area contributed by atoms with Gasteiger partial charge >= 0.3 is 13.6 Å². The van der Waals surface area contributed by atoms with Crippen LogP contribution < -0.4 is 0 Å². The number of rotatable bonds is 10. The quantitative estimate of drug-likeness (QED) is 0.263. The molecule has 0 saturated carbocycles. The summed E-state index contributed by atoms with van der Waals surface area (Å²) < 4.78 is 27.6. The van der Waals surface area contributed by atoms with Crippen LogP contribution in [0.4, 0.5) is 0 Å². The van der Waals surface area contributed by atoms with Gasteiger partial charge in [0.25, 0.3) is 0 Å². The topological polar surface area (TPSA) is 105 Å². The van der Waals surface area contributed by atoms with Crippen LogP contribution in [0.3, 0.4) is 0 Å². The van der Waals surface area contributed by atoms with Crippen molar-refractivity contribution in [2.75, 3.05) is 19.8 Å². The third-order valence-corrected chi connectivity index (χ3v) is 4.90. The van der Waals surface area contributed by atoms with E-state index >= 15 is 0 Å². The molecule has 0 aromatic carbocycles. The van der Waals surface area contributed by atoms with Gasteiger partial charge in [-0.3, -0.25) is 19.5 Å². The second kappa shape index (κ2) is 9.05. The number of carbonyl (C=O) groups is 1. The molecule has 0 amide bonds. The minimum atomic E-state index is -3.79. The molecule has 20 heavy (non-hydrogen) atoms. The van der Waals surface area contributed by atoms with E-state index in [-0.39, 0.29) is 26.2 Å². The Bertz CT molecular complexity index is 364. The summed E-state index contributed by atoms with van der Waals surface area (Å²) in [7, 11) is -3.79. The molecule has 0 aromatic heterocycles. The van der Waals surface area contributed by atoms with E-state index in [0.29, 0.717) is 0 Å². The number of hydrogen-bond acceptors (Lipinski definition) is 7. The molecule has 0 bridgehead atoms. The van der Waals surface area contributed by atoms with Crippen molar-refractivity contribution >= 4 is 13.6 Å². The molecular weight excluding hydrogens is 289 g/mol. The van der Waals surface area contributed by atoms with Gasteiger partial charge in [0.05, 0.1) is 19.8 Å². The summed E-state index contributed by atoms with van der Waals surface area (Å²) in [6, 6.07) is -1.06. The smallest absolute Gasteiger partial charge is 0.345 e. The normalized spacial score (nSPS) is 14.6. The molecule has 0 aliphatic rings. The van der Waals surface area contributed by atoms with E-state index in [1.54, 1.807) is 20.8 Å². The van der Waals surface area contributed by atoms with Gasteiger partial charge in [-0.2, -0.15) is 0 Å². The molecule has 0 aliphatic heterocycles. The Morgan fingerprint density at radius 1 is 1.20 bits per heavy atom. The van der Waals surface area contributed by atoms with E-state index in [9.17, 15) is 19.5 Å². The Balaban J connectivity index is 5.29. The summed E-state index contributed by atoms with van der Waals surface area (Å²) in [6.45, 7) is 6.35. The standard InChI is InChI=1S/C11H22NO7P/c1-5-17-11(13)10(8-9(4)12(14)15)20(16,18-6-2)19-7-3/h9-10H,5-8H2,1-4H3. The van der Waals surface area contributed by atoms with E-state index in [2.05, 4.69) is 0 Å². The minimum Gasteiger partial charge on any atom is -0.465 e. The van der Waals surface area contributed by atoms with Crippen molar-refractivity contribution in [1.29, 1.82) is 0 Å².